The van der Waals surface area contributed by atoms with Crippen LogP contribution in [0.2, 0.25) is 10.0 Å². The normalized spacial score (nSPS) is 16.4. The Kier molecular flexibility index (Phi) is 3.79. The summed E-state index contributed by atoms with van der Waals surface area (Å²) in [5, 5.41) is 7.10. The minimum Gasteiger partial charge on any atom is -0.373 e. The summed E-state index contributed by atoms with van der Waals surface area (Å²) in [6, 6.07) is 5.21. The molecule has 0 aliphatic heterocycles. The van der Waals surface area contributed by atoms with Crippen molar-refractivity contribution in [3.8, 4) is 0 Å². The molecule has 1 unspecified atom stereocenters. The van der Waals surface area contributed by atoms with Crippen LogP contribution in [-0.2, 0) is 4.79 Å². The van der Waals surface area contributed by atoms with Crippen LogP contribution in [0.5, 0.6) is 0 Å². The molecule has 17 heavy (non-hydrogen) atoms. The van der Waals surface area contributed by atoms with Crippen LogP contribution in [0, 0.1) is 0 Å². The quantitative estimate of drug-likeness (QED) is 0.885. The number of carbonyl (C=O) groups excluding carboxylic acids is 1. The van der Waals surface area contributed by atoms with Gasteiger partial charge >= 0.3 is 0 Å². The summed E-state index contributed by atoms with van der Waals surface area (Å²) in [5.41, 5.74) is 0.717. The zero-order valence-electron chi connectivity index (χ0n) is 9.47. The molecule has 0 saturated heterocycles. The summed E-state index contributed by atoms with van der Waals surface area (Å²) in [6.07, 6.45) is 2.17. The smallest absolute Gasteiger partial charge is 0.242 e. The zero-order valence-corrected chi connectivity index (χ0v) is 11.0. The van der Waals surface area contributed by atoms with Crippen LogP contribution < -0.4 is 10.6 Å². The molecule has 1 aromatic carbocycles. The van der Waals surface area contributed by atoms with Crippen LogP contribution in [0.1, 0.15) is 19.8 Å². The van der Waals surface area contributed by atoms with Gasteiger partial charge in [0.25, 0.3) is 0 Å². The van der Waals surface area contributed by atoms with Crippen molar-refractivity contribution >= 4 is 34.8 Å². The van der Waals surface area contributed by atoms with Crippen molar-refractivity contribution in [2.75, 3.05) is 5.32 Å². The topological polar surface area (TPSA) is 41.1 Å². The SMILES string of the molecule is CC(Nc1ccc(Cl)cc1Cl)C(=O)NC1CC1. The number of amides is 1. The lowest BCUT2D eigenvalue weighted by Gasteiger charge is -2.16. The van der Waals surface area contributed by atoms with Gasteiger partial charge in [-0.15, -0.1) is 0 Å². The second-order valence-corrected chi connectivity index (χ2v) is 5.12. The van der Waals surface area contributed by atoms with Crippen molar-refractivity contribution in [1.82, 2.24) is 5.32 Å². The molecule has 1 aliphatic carbocycles. The van der Waals surface area contributed by atoms with E-state index in [4.69, 9.17) is 23.2 Å². The lowest BCUT2D eigenvalue weighted by Crippen LogP contribution is -2.38. The lowest BCUT2D eigenvalue weighted by molar-refractivity contribution is -0.121. The predicted octanol–water partition coefficient (Wildman–Crippen LogP) is 3.07. The van der Waals surface area contributed by atoms with Crippen molar-refractivity contribution in [2.45, 2.75) is 31.8 Å². The average molecular weight is 273 g/mol. The molecule has 2 N–H and O–H groups in total. The maximum Gasteiger partial charge on any atom is 0.242 e. The van der Waals surface area contributed by atoms with Crippen LogP contribution >= 0.6 is 23.2 Å². The van der Waals surface area contributed by atoms with Crippen molar-refractivity contribution < 1.29 is 4.79 Å². The molecule has 1 fully saturated rings. The molecule has 0 heterocycles. The lowest BCUT2D eigenvalue weighted by atomic mass is 10.2. The van der Waals surface area contributed by atoms with E-state index >= 15 is 0 Å². The van der Waals surface area contributed by atoms with Gasteiger partial charge in [0.05, 0.1) is 10.7 Å². The van der Waals surface area contributed by atoms with Crippen LogP contribution in [0.3, 0.4) is 0 Å². The fraction of sp³-hybridized carbons (Fsp3) is 0.417. The first-order valence-corrected chi connectivity index (χ1v) is 6.34. The van der Waals surface area contributed by atoms with Crippen molar-refractivity contribution in [2.24, 2.45) is 0 Å². The summed E-state index contributed by atoms with van der Waals surface area (Å²) in [6.45, 7) is 1.81. The van der Waals surface area contributed by atoms with Gasteiger partial charge in [0.2, 0.25) is 5.91 Å². The Labute approximate surface area is 110 Å². The number of hydrogen-bond donors (Lipinski definition) is 2. The van der Waals surface area contributed by atoms with Gasteiger partial charge in [-0.3, -0.25) is 4.79 Å². The summed E-state index contributed by atoms with van der Waals surface area (Å²) in [7, 11) is 0. The average Bonchev–Trinajstić information content (AvgIpc) is 3.06. The van der Waals surface area contributed by atoms with E-state index in [0.717, 1.165) is 18.5 Å². The Morgan fingerprint density at radius 1 is 1.41 bits per heavy atom. The monoisotopic (exact) mass is 272 g/mol. The van der Waals surface area contributed by atoms with Crippen molar-refractivity contribution in [1.29, 1.82) is 0 Å². The fourth-order valence-corrected chi connectivity index (χ4v) is 1.92. The molecule has 0 radical (unpaired) electrons. The van der Waals surface area contributed by atoms with Gasteiger partial charge in [-0.1, -0.05) is 23.2 Å². The Morgan fingerprint density at radius 3 is 2.71 bits per heavy atom. The van der Waals surface area contributed by atoms with Gasteiger partial charge < -0.3 is 10.6 Å². The molecule has 1 atom stereocenters. The number of nitrogens with one attached hydrogen (secondary N) is 2. The molecule has 5 heteroatoms. The standard InChI is InChI=1S/C12H14Cl2N2O/c1-7(12(17)16-9-3-4-9)15-11-5-2-8(13)6-10(11)14/h2,5-7,9,15H,3-4H2,1H3,(H,16,17). The van der Waals surface area contributed by atoms with Crippen LogP contribution in [0.15, 0.2) is 18.2 Å². The fourth-order valence-electron chi connectivity index (χ4n) is 1.46. The van der Waals surface area contributed by atoms with Gasteiger partial charge in [0.15, 0.2) is 0 Å². The highest BCUT2D eigenvalue weighted by Gasteiger charge is 2.25. The highest BCUT2D eigenvalue weighted by molar-refractivity contribution is 6.36. The first-order chi connectivity index (χ1) is 8.06. The van der Waals surface area contributed by atoms with Gasteiger partial charge in [-0.25, -0.2) is 0 Å². The van der Waals surface area contributed by atoms with E-state index in [-0.39, 0.29) is 11.9 Å². The highest BCUT2D eigenvalue weighted by Crippen LogP contribution is 2.26. The molecule has 92 valence electrons. The molecular formula is C12H14Cl2N2O. The Morgan fingerprint density at radius 2 is 2.12 bits per heavy atom. The van der Waals surface area contributed by atoms with E-state index in [1.807, 2.05) is 6.92 Å². The second-order valence-electron chi connectivity index (χ2n) is 4.27. The summed E-state index contributed by atoms with van der Waals surface area (Å²) < 4.78 is 0. The maximum atomic E-state index is 11.7. The number of carbonyl (C=O) groups is 1. The Hall–Kier alpha value is -0.930. The van der Waals surface area contributed by atoms with Crippen LogP contribution in [0.25, 0.3) is 0 Å². The molecule has 2 rings (SSSR count). The molecule has 0 aromatic heterocycles. The maximum absolute atomic E-state index is 11.7. The van der Waals surface area contributed by atoms with Gasteiger partial charge in [0.1, 0.15) is 6.04 Å². The zero-order chi connectivity index (χ0) is 12.4. The van der Waals surface area contributed by atoms with E-state index in [1.54, 1.807) is 18.2 Å². The third-order valence-corrected chi connectivity index (χ3v) is 3.17. The van der Waals surface area contributed by atoms with Crippen molar-refractivity contribution in [3.63, 3.8) is 0 Å². The predicted molar refractivity (Wildman–Crippen MR) is 70.7 cm³/mol. The number of halogens is 2. The summed E-state index contributed by atoms with van der Waals surface area (Å²) in [5.74, 6) is -0.00137. The molecule has 1 aromatic rings. The van der Waals surface area contributed by atoms with Crippen LogP contribution in [0.4, 0.5) is 5.69 Å². The van der Waals surface area contributed by atoms with E-state index in [9.17, 15) is 4.79 Å². The van der Waals surface area contributed by atoms with E-state index in [2.05, 4.69) is 10.6 Å². The Balaban J connectivity index is 1.96. The van der Waals surface area contributed by atoms with E-state index in [0.29, 0.717) is 16.1 Å². The molecule has 1 saturated carbocycles. The number of hydrogen-bond acceptors (Lipinski definition) is 2. The summed E-state index contributed by atoms with van der Waals surface area (Å²) >= 11 is 11.8. The molecule has 1 amide bonds. The number of rotatable bonds is 4. The van der Waals surface area contributed by atoms with Crippen LogP contribution in [-0.4, -0.2) is 18.0 Å². The first-order valence-electron chi connectivity index (χ1n) is 5.58. The van der Waals surface area contributed by atoms with Crippen molar-refractivity contribution in [3.05, 3.63) is 28.2 Å². The third-order valence-electron chi connectivity index (χ3n) is 2.62. The van der Waals surface area contributed by atoms with E-state index < -0.39 is 0 Å². The van der Waals surface area contributed by atoms with E-state index in [1.165, 1.54) is 0 Å². The Bertz CT molecular complexity index is 433. The minimum absolute atomic E-state index is 0.00137. The van der Waals surface area contributed by atoms with Gasteiger partial charge in [-0.05, 0) is 38.0 Å². The molecule has 1 aliphatic rings. The highest BCUT2D eigenvalue weighted by atomic mass is 35.5. The molecular weight excluding hydrogens is 259 g/mol. The van der Waals surface area contributed by atoms with Gasteiger partial charge in [-0.2, -0.15) is 0 Å². The summed E-state index contributed by atoms with van der Waals surface area (Å²) in [4.78, 5) is 11.7. The molecule has 0 bridgehead atoms. The number of anilines is 1. The molecule has 0 spiro atoms. The first kappa shape index (κ1) is 12.5. The number of benzene rings is 1. The minimum atomic E-state index is -0.311. The largest absolute Gasteiger partial charge is 0.373 e. The third kappa shape index (κ3) is 3.51. The molecule has 3 nitrogen and oxygen atoms in total. The second kappa shape index (κ2) is 5.15. The van der Waals surface area contributed by atoms with Gasteiger partial charge in [0, 0.05) is 11.1 Å².